The van der Waals surface area contributed by atoms with Gasteiger partial charge in [0.25, 0.3) is 0 Å². The maximum absolute atomic E-state index is 5.97. The van der Waals surface area contributed by atoms with E-state index >= 15 is 0 Å². The lowest BCUT2D eigenvalue weighted by atomic mass is 10.1. The van der Waals surface area contributed by atoms with Gasteiger partial charge in [-0.3, -0.25) is 4.98 Å². The van der Waals surface area contributed by atoms with Crippen LogP contribution in [0.25, 0.3) is 0 Å². The number of hydrogen-bond donors (Lipinski definition) is 1. The third-order valence-electron chi connectivity index (χ3n) is 3.07. The minimum atomic E-state index is 0.0344. The maximum atomic E-state index is 5.97. The number of halogens is 1. The van der Waals surface area contributed by atoms with E-state index in [-0.39, 0.29) is 6.04 Å². The number of nitrogens with zero attached hydrogens (tertiary/aromatic N) is 2. The van der Waals surface area contributed by atoms with Crippen LogP contribution in [0.15, 0.2) is 33.6 Å². The lowest BCUT2D eigenvalue weighted by Crippen LogP contribution is -2.17. The smallest absolute Gasteiger partial charge is 0.0701 e. The van der Waals surface area contributed by atoms with Crippen molar-refractivity contribution in [3.05, 3.63) is 44.8 Å². The molecule has 0 fully saturated rings. The monoisotopic (exact) mass is 339 g/mol. The maximum Gasteiger partial charge on any atom is 0.0701 e. The van der Waals surface area contributed by atoms with Crippen LogP contribution < -0.4 is 10.6 Å². The first-order valence-electron chi connectivity index (χ1n) is 6.25. The number of hydrogen-bond acceptors (Lipinski definition) is 4. The molecule has 0 aromatic carbocycles. The molecule has 0 unspecified atom stereocenters. The van der Waals surface area contributed by atoms with Gasteiger partial charge in [0.2, 0.25) is 0 Å². The number of pyridine rings is 1. The predicted octanol–water partition coefficient (Wildman–Crippen LogP) is 3.95. The molecule has 2 aromatic heterocycles. The summed E-state index contributed by atoms with van der Waals surface area (Å²) in [6.07, 6.45) is 2.80. The molecule has 0 aliphatic rings. The average Bonchev–Trinajstić information content (AvgIpc) is 2.83. The zero-order chi connectivity index (χ0) is 13.8. The SMILES string of the molecule is CC[C@@H](N)c1ccc(N(C)Cc2csc(Br)c2)cn1. The molecule has 0 amide bonds. The molecule has 0 radical (unpaired) electrons. The van der Waals surface area contributed by atoms with E-state index in [0.29, 0.717) is 0 Å². The summed E-state index contributed by atoms with van der Waals surface area (Å²) >= 11 is 5.19. The first-order valence-corrected chi connectivity index (χ1v) is 7.93. The highest BCUT2D eigenvalue weighted by atomic mass is 79.9. The number of anilines is 1. The van der Waals surface area contributed by atoms with E-state index in [4.69, 9.17) is 5.73 Å². The molecule has 2 N–H and O–H groups in total. The van der Waals surface area contributed by atoms with E-state index < -0.39 is 0 Å². The Hall–Kier alpha value is -0.910. The molecule has 102 valence electrons. The van der Waals surface area contributed by atoms with Crippen LogP contribution in [-0.2, 0) is 6.54 Å². The van der Waals surface area contributed by atoms with Crippen molar-refractivity contribution in [2.75, 3.05) is 11.9 Å². The Labute approximate surface area is 126 Å². The molecule has 0 aliphatic carbocycles. The van der Waals surface area contributed by atoms with Gasteiger partial charge in [-0.15, -0.1) is 11.3 Å². The van der Waals surface area contributed by atoms with Crippen LogP contribution >= 0.6 is 27.3 Å². The van der Waals surface area contributed by atoms with Crippen LogP contribution in [0.3, 0.4) is 0 Å². The predicted molar refractivity (Wildman–Crippen MR) is 85.6 cm³/mol. The van der Waals surface area contributed by atoms with Crippen LogP contribution in [0.5, 0.6) is 0 Å². The summed E-state index contributed by atoms with van der Waals surface area (Å²) in [6.45, 7) is 2.95. The second kappa shape index (κ2) is 6.50. The summed E-state index contributed by atoms with van der Waals surface area (Å²) in [7, 11) is 2.07. The van der Waals surface area contributed by atoms with Gasteiger partial charge in [-0.1, -0.05) is 6.92 Å². The van der Waals surface area contributed by atoms with E-state index in [9.17, 15) is 0 Å². The third kappa shape index (κ3) is 3.78. The molecule has 5 heteroatoms. The van der Waals surface area contributed by atoms with Gasteiger partial charge in [-0.25, -0.2) is 0 Å². The highest BCUT2D eigenvalue weighted by Gasteiger charge is 2.07. The Morgan fingerprint density at radius 1 is 1.47 bits per heavy atom. The quantitative estimate of drug-likeness (QED) is 0.896. The number of rotatable bonds is 5. The fourth-order valence-electron chi connectivity index (χ4n) is 1.85. The van der Waals surface area contributed by atoms with Gasteiger partial charge < -0.3 is 10.6 Å². The molecular formula is C14H18BrN3S. The minimum absolute atomic E-state index is 0.0344. The summed E-state index contributed by atoms with van der Waals surface area (Å²) in [4.78, 5) is 6.63. The van der Waals surface area contributed by atoms with E-state index in [1.807, 2.05) is 12.3 Å². The largest absolute Gasteiger partial charge is 0.369 e. The van der Waals surface area contributed by atoms with Crippen molar-refractivity contribution < 1.29 is 0 Å². The molecular weight excluding hydrogens is 322 g/mol. The van der Waals surface area contributed by atoms with E-state index in [1.54, 1.807) is 11.3 Å². The van der Waals surface area contributed by atoms with E-state index in [1.165, 1.54) is 9.35 Å². The standard InChI is InChI=1S/C14H18BrN3S/c1-3-12(16)13-5-4-11(7-17-13)18(2)8-10-6-14(15)19-9-10/h4-7,9,12H,3,8,16H2,1-2H3/t12-/m1/s1. The third-order valence-corrected chi connectivity index (χ3v) is 4.63. The normalized spacial score (nSPS) is 12.4. The molecule has 2 aromatic rings. The van der Waals surface area contributed by atoms with Crippen molar-refractivity contribution in [1.29, 1.82) is 0 Å². The van der Waals surface area contributed by atoms with Crippen LogP contribution in [0.1, 0.15) is 30.6 Å². The summed E-state index contributed by atoms with van der Waals surface area (Å²) in [6, 6.07) is 6.28. The lowest BCUT2D eigenvalue weighted by molar-refractivity contribution is 0.675. The van der Waals surface area contributed by atoms with Crippen molar-refractivity contribution in [1.82, 2.24) is 4.98 Å². The second-order valence-corrected chi connectivity index (χ2v) is 6.86. The van der Waals surface area contributed by atoms with E-state index in [2.05, 4.69) is 57.3 Å². The highest BCUT2D eigenvalue weighted by molar-refractivity contribution is 9.11. The fraction of sp³-hybridized carbons (Fsp3) is 0.357. The Balaban J connectivity index is 2.05. The molecule has 3 nitrogen and oxygen atoms in total. The van der Waals surface area contributed by atoms with Gasteiger partial charge in [-0.05, 0) is 51.5 Å². The summed E-state index contributed by atoms with van der Waals surface area (Å²) < 4.78 is 1.17. The molecule has 2 rings (SSSR count). The van der Waals surface area contributed by atoms with Crippen LogP contribution in [0.2, 0.25) is 0 Å². The number of nitrogens with two attached hydrogens (primary N) is 1. The first-order chi connectivity index (χ1) is 9.10. The fourth-order valence-corrected chi connectivity index (χ4v) is 3.05. The minimum Gasteiger partial charge on any atom is -0.369 e. The molecule has 0 saturated carbocycles. The Kier molecular flexibility index (Phi) is 4.96. The molecule has 0 bridgehead atoms. The zero-order valence-electron chi connectivity index (χ0n) is 11.1. The van der Waals surface area contributed by atoms with Crippen molar-refractivity contribution >= 4 is 33.0 Å². The molecule has 19 heavy (non-hydrogen) atoms. The molecule has 0 aliphatic heterocycles. The van der Waals surface area contributed by atoms with Crippen molar-refractivity contribution in [3.8, 4) is 0 Å². The van der Waals surface area contributed by atoms with Crippen molar-refractivity contribution in [3.63, 3.8) is 0 Å². The Morgan fingerprint density at radius 3 is 2.79 bits per heavy atom. The topological polar surface area (TPSA) is 42.1 Å². The molecule has 0 spiro atoms. The van der Waals surface area contributed by atoms with Gasteiger partial charge in [0, 0.05) is 19.6 Å². The van der Waals surface area contributed by atoms with Gasteiger partial charge in [0.15, 0.2) is 0 Å². The summed E-state index contributed by atoms with van der Waals surface area (Å²) in [5, 5.41) is 2.16. The van der Waals surface area contributed by atoms with Crippen LogP contribution in [0.4, 0.5) is 5.69 Å². The highest BCUT2D eigenvalue weighted by Crippen LogP contribution is 2.23. The molecule has 0 saturated heterocycles. The van der Waals surface area contributed by atoms with Gasteiger partial charge >= 0.3 is 0 Å². The van der Waals surface area contributed by atoms with E-state index in [0.717, 1.165) is 24.3 Å². The Morgan fingerprint density at radius 2 is 2.26 bits per heavy atom. The summed E-state index contributed by atoms with van der Waals surface area (Å²) in [5.74, 6) is 0. The molecule has 2 heterocycles. The van der Waals surface area contributed by atoms with Gasteiger partial charge in [-0.2, -0.15) is 0 Å². The number of aromatic nitrogens is 1. The lowest BCUT2D eigenvalue weighted by Gasteiger charge is -2.19. The van der Waals surface area contributed by atoms with Gasteiger partial charge in [0.05, 0.1) is 21.4 Å². The van der Waals surface area contributed by atoms with Crippen LogP contribution in [-0.4, -0.2) is 12.0 Å². The zero-order valence-corrected chi connectivity index (χ0v) is 13.5. The van der Waals surface area contributed by atoms with Crippen LogP contribution in [0, 0.1) is 0 Å². The Bertz CT molecular complexity index is 524. The average molecular weight is 340 g/mol. The number of thiophene rings is 1. The second-order valence-electron chi connectivity index (χ2n) is 4.57. The van der Waals surface area contributed by atoms with Crippen molar-refractivity contribution in [2.45, 2.75) is 25.9 Å². The first kappa shape index (κ1) is 14.5. The van der Waals surface area contributed by atoms with Crippen molar-refractivity contribution in [2.24, 2.45) is 5.73 Å². The molecule has 1 atom stereocenters. The summed E-state index contributed by atoms with van der Waals surface area (Å²) in [5.41, 5.74) is 9.33. The van der Waals surface area contributed by atoms with Gasteiger partial charge in [0.1, 0.15) is 0 Å².